The predicted molar refractivity (Wildman–Crippen MR) is 125 cm³/mol. The molecule has 194 valence electrons. The zero-order valence-electron chi connectivity index (χ0n) is 20.0. The Morgan fingerprint density at radius 2 is 1.77 bits per heavy atom. The first-order valence-electron chi connectivity index (χ1n) is 11.7. The second-order valence-corrected chi connectivity index (χ2v) is 11.3. The van der Waals surface area contributed by atoms with E-state index in [2.05, 4.69) is 6.92 Å². The van der Waals surface area contributed by atoms with Crippen molar-refractivity contribution >= 4 is 35.1 Å². The third-order valence-corrected chi connectivity index (χ3v) is 9.38. The lowest BCUT2D eigenvalue weighted by Gasteiger charge is -2.60. The molecule has 0 aromatic carbocycles. The highest BCUT2D eigenvalue weighted by molar-refractivity contribution is 6.21. The van der Waals surface area contributed by atoms with Gasteiger partial charge in [-0.3, -0.25) is 19.2 Å². The summed E-state index contributed by atoms with van der Waals surface area (Å²) in [5.74, 6) is -3.92. The lowest BCUT2D eigenvalue weighted by atomic mass is 9.46. The van der Waals surface area contributed by atoms with Crippen LogP contribution in [0.3, 0.4) is 0 Å². The average molecular weight is 513 g/mol. The van der Waals surface area contributed by atoms with E-state index >= 15 is 0 Å². The van der Waals surface area contributed by atoms with Crippen LogP contribution in [-0.2, 0) is 19.2 Å². The largest absolute Gasteiger partial charge is 0.481 e. The van der Waals surface area contributed by atoms with Gasteiger partial charge in [0.15, 0.2) is 11.6 Å². The zero-order valence-corrected chi connectivity index (χ0v) is 20.7. The molecular formula is C25H33ClO9. The van der Waals surface area contributed by atoms with Gasteiger partial charge < -0.3 is 25.5 Å². The summed E-state index contributed by atoms with van der Waals surface area (Å²) in [7, 11) is 0. The summed E-state index contributed by atoms with van der Waals surface area (Å²) in [6, 6.07) is 0. The van der Waals surface area contributed by atoms with Crippen LogP contribution >= 0.6 is 11.6 Å². The number of allylic oxidation sites excluding steroid dienone is 4. The molecule has 9 atom stereocenters. The number of carbonyl (C=O) groups is 4. The Balaban J connectivity index is 0.000000429. The Labute approximate surface area is 208 Å². The van der Waals surface area contributed by atoms with Crippen molar-refractivity contribution in [1.29, 1.82) is 0 Å². The van der Waals surface area contributed by atoms with E-state index in [4.69, 9.17) is 21.8 Å². The second kappa shape index (κ2) is 9.42. The maximum Gasteiger partial charge on any atom is 0.314 e. The third-order valence-electron chi connectivity index (χ3n) is 8.94. The highest BCUT2D eigenvalue weighted by Gasteiger charge is 2.71. The number of fused-ring (bicyclic) bond motifs is 5. The summed E-state index contributed by atoms with van der Waals surface area (Å²) in [5, 5.41) is 47.4. The smallest absolute Gasteiger partial charge is 0.314 e. The van der Waals surface area contributed by atoms with Crippen LogP contribution in [0.15, 0.2) is 23.8 Å². The molecule has 10 heteroatoms. The van der Waals surface area contributed by atoms with Gasteiger partial charge in [-0.15, -0.1) is 11.6 Å². The van der Waals surface area contributed by atoms with Crippen LogP contribution in [0.4, 0.5) is 0 Å². The fourth-order valence-corrected chi connectivity index (χ4v) is 7.92. The van der Waals surface area contributed by atoms with Crippen molar-refractivity contribution in [3.8, 4) is 0 Å². The van der Waals surface area contributed by atoms with Crippen LogP contribution < -0.4 is 0 Å². The highest BCUT2D eigenvalue weighted by Crippen LogP contribution is 2.68. The lowest BCUT2D eigenvalue weighted by molar-refractivity contribution is -0.183. The first-order chi connectivity index (χ1) is 16.1. The Kier molecular flexibility index (Phi) is 7.41. The molecule has 0 bridgehead atoms. The van der Waals surface area contributed by atoms with Crippen molar-refractivity contribution < 1.29 is 44.7 Å². The van der Waals surface area contributed by atoms with Gasteiger partial charge in [0.05, 0.1) is 6.10 Å². The quantitative estimate of drug-likeness (QED) is 0.277. The van der Waals surface area contributed by atoms with Crippen LogP contribution in [0.25, 0.3) is 0 Å². The standard InChI is InChI=1S/C22H29ClO5.C3H4O4/c1-11-6-14-18-15(23)8-12-7-13(25)4-5-20(12,2)19(18)16(26)9-21(14,3)22(11,28)17(27)10-24;4-2(5)1-3(6)7/h4-5,7,11,14-16,18-19,24,26,28H,6,8-10H2,1-3H3;1H2,(H,4,5)(H,6,7)/t11-,14+,15-,16+,18-,19+,20+,21+,22+;/m1./s1. The molecule has 0 unspecified atom stereocenters. The minimum absolute atomic E-state index is 0.0525. The number of hydrogen-bond acceptors (Lipinski definition) is 7. The van der Waals surface area contributed by atoms with Gasteiger partial charge >= 0.3 is 11.9 Å². The van der Waals surface area contributed by atoms with Gasteiger partial charge in [0.1, 0.15) is 18.6 Å². The summed E-state index contributed by atoms with van der Waals surface area (Å²) < 4.78 is 0. The van der Waals surface area contributed by atoms with E-state index in [0.717, 1.165) is 5.57 Å². The van der Waals surface area contributed by atoms with E-state index in [1.165, 1.54) is 0 Å². The van der Waals surface area contributed by atoms with Crippen molar-refractivity contribution in [2.75, 3.05) is 6.61 Å². The molecule has 0 radical (unpaired) electrons. The highest BCUT2D eigenvalue weighted by atomic mass is 35.5. The van der Waals surface area contributed by atoms with E-state index < -0.39 is 53.3 Å². The molecule has 3 fully saturated rings. The molecule has 9 nitrogen and oxygen atoms in total. The predicted octanol–water partition coefficient (Wildman–Crippen LogP) is 1.57. The molecule has 5 N–H and O–H groups in total. The van der Waals surface area contributed by atoms with Gasteiger partial charge in [-0.2, -0.15) is 0 Å². The van der Waals surface area contributed by atoms with Crippen molar-refractivity contribution in [3.63, 3.8) is 0 Å². The number of carboxylic acids is 2. The summed E-state index contributed by atoms with van der Waals surface area (Å²) in [5.41, 5.74) is -2.04. The van der Waals surface area contributed by atoms with Gasteiger partial charge in [0.25, 0.3) is 0 Å². The Morgan fingerprint density at radius 1 is 1.17 bits per heavy atom. The number of hydrogen-bond donors (Lipinski definition) is 5. The number of rotatable bonds is 4. The number of halogens is 1. The topological polar surface area (TPSA) is 169 Å². The van der Waals surface area contributed by atoms with Crippen LogP contribution in [0.5, 0.6) is 0 Å². The maximum absolute atomic E-state index is 12.6. The number of ketones is 2. The molecule has 35 heavy (non-hydrogen) atoms. The van der Waals surface area contributed by atoms with E-state index in [9.17, 15) is 34.5 Å². The molecule has 4 rings (SSSR count). The lowest BCUT2D eigenvalue weighted by Crippen LogP contribution is -2.64. The average Bonchev–Trinajstić information content (AvgIpc) is 2.94. The fourth-order valence-electron chi connectivity index (χ4n) is 7.42. The van der Waals surface area contributed by atoms with Crippen LogP contribution in [0.2, 0.25) is 0 Å². The molecule has 0 aliphatic heterocycles. The maximum atomic E-state index is 12.6. The molecule has 4 aliphatic carbocycles. The van der Waals surface area contributed by atoms with Crippen LogP contribution in [0, 0.1) is 34.5 Å². The molecule has 0 aromatic heterocycles. The number of alkyl halides is 1. The molecule has 0 heterocycles. The van der Waals surface area contributed by atoms with Crippen LogP contribution in [-0.4, -0.2) is 72.7 Å². The van der Waals surface area contributed by atoms with Gasteiger partial charge in [0.2, 0.25) is 0 Å². The molecule has 0 saturated heterocycles. The Hall–Kier alpha value is -2.07. The van der Waals surface area contributed by atoms with Gasteiger partial charge in [-0.05, 0) is 49.2 Å². The minimum atomic E-state index is -1.68. The molecule has 3 saturated carbocycles. The van der Waals surface area contributed by atoms with Gasteiger partial charge in [0, 0.05) is 22.1 Å². The molecule has 0 aromatic rings. The monoisotopic (exact) mass is 512 g/mol. The number of carboxylic acid groups (broad SMARTS) is 2. The van der Waals surface area contributed by atoms with Crippen molar-refractivity contribution in [1.82, 2.24) is 0 Å². The van der Waals surface area contributed by atoms with Crippen LogP contribution in [0.1, 0.15) is 46.5 Å². The zero-order chi connectivity index (χ0) is 26.5. The summed E-state index contributed by atoms with van der Waals surface area (Å²) >= 11 is 6.86. The second-order valence-electron chi connectivity index (χ2n) is 10.8. The third kappa shape index (κ3) is 4.26. The van der Waals surface area contributed by atoms with E-state index in [1.807, 2.05) is 19.9 Å². The summed E-state index contributed by atoms with van der Waals surface area (Å²) in [6.45, 7) is 5.05. The molecule has 4 aliphatic rings. The van der Waals surface area contributed by atoms with E-state index in [-0.39, 0.29) is 41.3 Å². The summed E-state index contributed by atoms with van der Waals surface area (Å²) in [6.07, 6.45) is 4.97. The minimum Gasteiger partial charge on any atom is -0.481 e. The SMILES string of the molecule is C[C@@H]1C[C@H]2[C@H]3[C@H]([C@@H](O)C[C@]2(C)[C@@]1(O)C(=O)CO)[C@@]1(C)C=CC(=O)C=C1C[C@H]3Cl.O=C(O)CC(=O)O. The van der Waals surface area contributed by atoms with Gasteiger partial charge in [-0.25, -0.2) is 0 Å². The van der Waals surface area contributed by atoms with E-state index in [1.54, 1.807) is 12.2 Å². The van der Waals surface area contributed by atoms with Crippen molar-refractivity contribution in [2.45, 2.75) is 63.5 Å². The number of aliphatic carboxylic acids is 2. The van der Waals surface area contributed by atoms with Gasteiger partial charge in [-0.1, -0.05) is 32.4 Å². The summed E-state index contributed by atoms with van der Waals surface area (Å²) in [4.78, 5) is 43.4. The normalized spacial score (nSPS) is 43.6. The fraction of sp³-hybridized carbons (Fsp3) is 0.680. The molecule has 0 amide bonds. The first kappa shape index (κ1) is 27.5. The molecular weight excluding hydrogens is 480 g/mol. The Bertz CT molecular complexity index is 977. The first-order valence-corrected chi connectivity index (χ1v) is 12.1. The number of aliphatic hydroxyl groups excluding tert-OH is 2. The number of aliphatic hydroxyl groups is 3. The van der Waals surface area contributed by atoms with Crippen molar-refractivity contribution in [2.24, 2.45) is 34.5 Å². The number of carbonyl (C=O) groups excluding carboxylic acids is 2. The Morgan fingerprint density at radius 3 is 2.29 bits per heavy atom. The number of Topliss-reactive ketones (excluding diaryl/α,β-unsaturated/α-hetero) is 1. The molecule has 0 spiro atoms. The van der Waals surface area contributed by atoms with Crippen molar-refractivity contribution in [3.05, 3.63) is 23.8 Å². The van der Waals surface area contributed by atoms with E-state index in [0.29, 0.717) is 12.8 Å².